The molecule has 0 saturated heterocycles. The van der Waals surface area contributed by atoms with Gasteiger partial charge in [0.05, 0.1) is 32.5 Å². The highest BCUT2D eigenvalue weighted by Gasteiger charge is 2.22. The molecule has 4 aromatic rings. The number of benzene rings is 3. The van der Waals surface area contributed by atoms with Gasteiger partial charge in [-0.2, -0.15) is 0 Å². The van der Waals surface area contributed by atoms with E-state index in [1.54, 1.807) is 18.2 Å². The SMILES string of the molecule is O=C(Nc1cc(F)c(Cl)cc1F)c1c(Cl)c(-c2ccccc2)nc2ccc(Br)cc12. The molecule has 8 heteroatoms. The molecule has 0 aliphatic carbocycles. The summed E-state index contributed by atoms with van der Waals surface area (Å²) in [4.78, 5) is 17.7. The third-order valence-corrected chi connectivity index (χ3v) is 5.57. The van der Waals surface area contributed by atoms with Crippen molar-refractivity contribution in [3.63, 3.8) is 0 Å². The lowest BCUT2D eigenvalue weighted by Crippen LogP contribution is -2.15. The predicted octanol–water partition coefficient (Wildman–Crippen LogP) is 7.50. The fourth-order valence-corrected chi connectivity index (χ4v) is 3.88. The van der Waals surface area contributed by atoms with E-state index in [1.165, 1.54) is 0 Å². The quantitative estimate of drug-likeness (QED) is 0.291. The molecule has 0 aliphatic rings. The number of aromatic nitrogens is 1. The van der Waals surface area contributed by atoms with Gasteiger partial charge in [0.15, 0.2) is 0 Å². The van der Waals surface area contributed by atoms with Gasteiger partial charge in [-0.25, -0.2) is 13.8 Å². The number of amides is 1. The van der Waals surface area contributed by atoms with E-state index >= 15 is 0 Å². The molecule has 3 aromatic carbocycles. The van der Waals surface area contributed by atoms with E-state index in [1.807, 2.05) is 30.3 Å². The monoisotopic (exact) mass is 506 g/mol. The Labute approximate surface area is 188 Å². The highest BCUT2D eigenvalue weighted by atomic mass is 79.9. The Kier molecular flexibility index (Phi) is 5.73. The Hall–Kier alpha value is -2.54. The summed E-state index contributed by atoms with van der Waals surface area (Å²) in [6.07, 6.45) is 0. The van der Waals surface area contributed by atoms with Crippen molar-refractivity contribution in [2.75, 3.05) is 5.32 Å². The Morgan fingerprint density at radius 2 is 1.70 bits per heavy atom. The molecule has 0 atom stereocenters. The van der Waals surface area contributed by atoms with Gasteiger partial charge in [0.1, 0.15) is 11.6 Å². The standard InChI is InChI=1S/C22H11BrCl2F2N2O/c23-12-6-7-17-13(8-12)19(20(25)21(28-17)11-4-2-1-3-5-11)22(30)29-18-10-15(26)14(24)9-16(18)27/h1-10H,(H,29,30). The number of hydrogen-bond donors (Lipinski definition) is 1. The molecule has 30 heavy (non-hydrogen) atoms. The third-order valence-electron chi connectivity index (χ3n) is 4.42. The van der Waals surface area contributed by atoms with Crippen LogP contribution in [0.3, 0.4) is 0 Å². The fourth-order valence-electron chi connectivity index (χ4n) is 3.02. The average Bonchev–Trinajstić information content (AvgIpc) is 2.72. The molecule has 0 fully saturated rings. The van der Waals surface area contributed by atoms with E-state index in [4.69, 9.17) is 23.2 Å². The number of fused-ring (bicyclic) bond motifs is 1. The molecule has 150 valence electrons. The lowest BCUT2D eigenvalue weighted by atomic mass is 10.0. The molecule has 0 bridgehead atoms. The zero-order valence-corrected chi connectivity index (χ0v) is 18.1. The molecular weight excluding hydrogens is 497 g/mol. The van der Waals surface area contributed by atoms with Crippen LogP contribution in [0.1, 0.15) is 10.4 Å². The van der Waals surface area contributed by atoms with Crippen molar-refractivity contribution in [3.8, 4) is 11.3 Å². The Balaban J connectivity index is 1.90. The minimum absolute atomic E-state index is 0.0941. The fraction of sp³-hybridized carbons (Fsp3) is 0. The number of anilines is 1. The van der Waals surface area contributed by atoms with Crippen molar-refractivity contribution in [1.82, 2.24) is 4.98 Å². The lowest BCUT2D eigenvalue weighted by Gasteiger charge is -2.14. The number of carbonyl (C=O) groups is 1. The maximum Gasteiger partial charge on any atom is 0.258 e. The Bertz CT molecular complexity index is 1300. The van der Waals surface area contributed by atoms with E-state index in [-0.39, 0.29) is 21.3 Å². The lowest BCUT2D eigenvalue weighted by molar-refractivity contribution is 0.102. The second-order valence-electron chi connectivity index (χ2n) is 6.38. The first-order valence-electron chi connectivity index (χ1n) is 8.65. The van der Waals surface area contributed by atoms with Gasteiger partial charge in [-0.1, -0.05) is 69.5 Å². The van der Waals surface area contributed by atoms with E-state index in [9.17, 15) is 13.6 Å². The van der Waals surface area contributed by atoms with Gasteiger partial charge in [0.2, 0.25) is 0 Å². The zero-order chi connectivity index (χ0) is 21.4. The smallest absolute Gasteiger partial charge is 0.258 e. The van der Waals surface area contributed by atoms with Crippen LogP contribution in [-0.2, 0) is 0 Å². The first-order chi connectivity index (χ1) is 14.3. The second-order valence-corrected chi connectivity index (χ2v) is 8.08. The molecule has 0 spiro atoms. The number of carbonyl (C=O) groups excluding carboxylic acids is 1. The van der Waals surface area contributed by atoms with Crippen LogP contribution in [-0.4, -0.2) is 10.9 Å². The molecule has 0 radical (unpaired) electrons. The summed E-state index contributed by atoms with van der Waals surface area (Å²) >= 11 is 15.6. The number of rotatable bonds is 3. The van der Waals surface area contributed by atoms with Gasteiger partial charge in [-0.3, -0.25) is 4.79 Å². The summed E-state index contributed by atoms with van der Waals surface area (Å²) in [6.45, 7) is 0. The summed E-state index contributed by atoms with van der Waals surface area (Å²) in [6, 6.07) is 16.0. The molecule has 1 heterocycles. The van der Waals surface area contributed by atoms with Crippen LogP contribution in [0.4, 0.5) is 14.5 Å². The number of pyridine rings is 1. The molecule has 1 amide bonds. The van der Waals surface area contributed by atoms with Gasteiger partial charge in [0, 0.05) is 21.5 Å². The van der Waals surface area contributed by atoms with Crippen molar-refractivity contribution in [2.45, 2.75) is 0 Å². The van der Waals surface area contributed by atoms with Crippen LogP contribution in [0.5, 0.6) is 0 Å². The number of halogens is 5. The van der Waals surface area contributed by atoms with Crippen LogP contribution in [0.2, 0.25) is 10.0 Å². The van der Waals surface area contributed by atoms with Crippen LogP contribution >= 0.6 is 39.1 Å². The predicted molar refractivity (Wildman–Crippen MR) is 119 cm³/mol. The zero-order valence-electron chi connectivity index (χ0n) is 15.0. The third kappa shape index (κ3) is 3.90. The number of hydrogen-bond acceptors (Lipinski definition) is 2. The minimum atomic E-state index is -0.867. The normalized spacial score (nSPS) is 11.0. The molecule has 3 nitrogen and oxygen atoms in total. The molecule has 0 aliphatic heterocycles. The molecule has 0 saturated carbocycles. The summed E-state index contributed by atoms with van der Waals surface area (Å²) in [5.41, 5.74) is 1.38. The Morgan fingerprint density at radius 1 is 0.967 bits per heavy atom. The van der Waals surface area contributed by atoms with Crippen molar-refractivity contribution < 1.29 is 13.6 Å². The van der Waals surface area contributed by atoms with E-state index in [0.29, 0.717) is 26.6 Å². The molecule has 0 unspecified atom stereocenters. The number of nitrogens with one attached hydrogen (secondary N) is 1. The first kappa shape index (κ1) is 20.7. The molecule has 1 N–H and O–H groups in total. The van der Waals surface area contributed by atoms with Crippen molar-refractivity contribution in [1.29, 1.82) is 0 Å². The van der Waals surface area contributed by atoms with Crippen LogP contribution < -0.4 is 5.32 Å². The average molecular weight is 508 g/mol. The van der Waals surface area contributed by atoms with E-state index < -0.39 is 17.5 Å². The second kappa shape index (κ2) is 8.30. The van der Waals surface area contributed by atoms with Gasteiger partial charge in [0.25, 0.3) is 5.91 Å². The van der Waals surface area contributed by atoms with Crippen LogP contribution in [0.25, 0.3) is 22.2 Å². The maximum atomic E-state index is 14.2. The van der Waals surface area contributed by atoms with Gasteiger partial charge in [-0.05, 0) is 24.3 Å². The van der Waals surface area contributed by atoms with Gasteiger partial charge in [-0.15, -0.1) is 0 Å². The highest BCUT2D eigenvalue weighted by molar-refractivity contribution is 9.10. The number of nitrogens with zero attached hydrogens (tertiary/aromatic N) is 1. The minimum Gasteiger partial charge on any atom is -0.319 e. The van der Waals surface area contributed by atoms with Crippen molar-refractivity contribution >= 4 is 61.6 Å². The summed E-state index contributed by atoms with van der Waals surface area (Å²) in [7, 11) is 0. The molecular formula is C22H11BrCl2F2N2O. The van der Waals surface area contributed by atoms with Crippen molar-refractivity contribution in [2.24, 2.45) is 0 Å². The largest absolute Gasteiger partial charge is 0.319 e. The van der Waals surface area contributed by atoms with Crippen molar-refractivity contribution in [3.05, 3.63) is 92.4 Å². The molecule has 1 aromatic heterocycles. The summed E-state index contributed by atoms with van der Waals surface area (Å²) in [5.74, 6) is -2.43. The highest BCUT2D eigenvalue weighted by Crippen LogP contribution is 2.36. The van der Waals surface area contributed by atoms with Crippen LogP contribution in [0, 0.1) is 11.6 Å². The topological polar surface area (TPSA) is 42.0 Å². The first-order valence-corrected chi connectivity index (χ1v) is 10.2. The maximum absolute atomic E-state index is 14.2. The van der Waals surface area contributed by atoms with E-state index in [2.05, 4.69) is 26.2 Å². The van der Waals surface area contributed by atoms with Crippen LogP contribution in [0.15, 0.2) is 65.1 Å². The summed E-state index contributed by atoms with van der Waals surface area (Å²) in [5, 5.41) is 2.56. The van der Waals surface area contributed by atoms with Gasteiger partial charge >= 0.3 is 0 Å². The van der Waals surface area contributed by atoms with Gasteiger partial charge < -0.3 is 5.32 Å². The van der Waals surface area contributed by atoms with E-state index in [0.717, 1.165) is 12.1 Å². The molecule has 4 rings (SSSR count). The Morgan fingerprint density at radius 3 is 2.43 bits per heavy atom. The summed E-state index contributed by atoms with van der Waals surface area (Å²) < 4.78 is 28.7.